The maximum absolute atomic E-state index is 12.8. The number of rotatable bonds is 4. The maximum atomic E-state index is 12.8. The van der Waals surface area contributed by atoms with Crippen molar-refractivity contribution in [3.05, 3.63) is 66.0 Å². The van der Waals surface area contributed by atoms with Crippen molar-refractivity contribution in [2.24, 2.45) is 0 Å². The molecule has 0 unspecified atom stereocenters. The van der Waals surface area contributed by atoms with E-state index in [1.165, 1.54) is 23.9 Å². The zero-order valence-electron chi connectivity index (χ0n) is 10.6. The van der Waals surface area contributed by atoms with Gasteiger partial charge in [-0.2, -0.15) is 0 Å². The van der Waals surface area contributed by atoms with Crippen molar-refractivity contribution >= 4 is 11.8 Å². The first-order valence-corrected chi connectivity index (χ1v) is 7.15. The number of aromatic nitrogens is 3. The van der Waals surface area contributed by atoms with Crippen LogP contribution in [-0.2, 0) is 5.75 Å². The molecule has 1 N–H and O–H groups in total. The molecule has 20 heavy (non-hydrogen) atoms. The van der Waals surface area contributed by atoms with Crippen molar-refractivity contribution in [1.82, 2.24) is 15.2 Å². The zero-order valence-corrected chi connectivity index (χ0v) is 11.4. The Morgan fingerprint density at radius 2 is 1.75 bits per heavy atom. The van der Waals surface area contributed by atoms with Crippen molar-refractivity contribution in [3.63, 3.8) is 0 Å². The minimum atomic E-state index is -0.219. The van der Waals surface area contributed by atoms with Crippen LogP contribution in [0.4, 0.5) is 4.39 Å². The molecule has 0 saturated carbocycles. The highest BCUT2D eigenvalue weighted by Gasteiger charge is 2.06. The van der Waals surface area contributed by atoms with E-state index in [2.05, 4.69) is 15.2 Å². The van der Waals surface area contributed by atoms with Crippen LogP contribution in [0.2, 0.25) is 0 Å². The highest BCUT2D eigenvalue weighted by Crippen LogP contribution is 2.22. The minimum Gasteiger partial charge on any atom is -0.258 e. The molecule has 0 saturated heterocycles. The number of nitrogens with zero attached hydrogens (tertiary/aromatic N) is 2. The van der Waals surface area contributed by atoms with E-state index >= 15 is 0 Å². The van der Waals surface area contributed by atoms with Gasteiger partial charge in [0.2, 0.25) is 5.16 Å². The van der Waals surface area contributed by atoms with Gasteiger partial charge in [-0.05, 0) is 17.7 Å². The summed E-state index contributed by atoms with van der Waals surface area (Å²) in [6.07, 6.45) is 0. The highest BCUT2D eigenvalue weighted by atomic mass is 32.2. The Morgan fingerprint density at radius 1 is 1.00 bits per heavy atom. The second-order valence-corrected chi connectivity index (χ2v) is 5.19. The average Bonchev–Trinajstić information content (AvgIpc) is 2.97. The van der Waals surface area contributed by atoms with Crippen LogP contribution in [0.5, 0.6) is 0 Å². The van der Waals surface area contributed by atoms with Crippen molar-refractivity contribution in [2.75, 3.05) is 0 Å². The molecule has 0 radical (unpaired) electrons. The van der Waals surface area contributed by atoms with E-state index in [1.807, 2.05) is 30.3 Å². The second-order valence-electron chi connectivity index (χ2n) is 4.25. The molecule has 3 nitrogen and oxygen atoms in total. The molecule has 0 amide bonds. The summed E-state index contributed by atoms with van der Waals surface area (Å²) in [5.74, 6) is 1.25. The van der Waals surface area contributed by atoms with E-state index in [1.54, 1.807) is 12.1 Å². The number of benzene rings is 2. The number of H-pyrrole nitrogens is 1. The topological polar surface area (TPSA) is 41.6 Å². The Bertz CT molecular complexity index is 680. The molecular weight excluding hydrogens is 273 g/mol. The lowest BCUT2D eigenvalue weighted by Gasteiger charge is -1.97. The van der Waals surface area contributed by atoms with Crippen LogP contribution >= 0.6 is 11.8 Å². The summed E-state index contributed by atoms with van der Waals surface area (Å²) in [7, 11) is 0. The van der Waals surface area contributed by atoms with Crippen LogP contribution in [0, 0.1) is 5.82 Å². The molecular formula is C15H12FN3S. The Labute approximate surface area is 120 Å². The molecule has 0 aliphatic carbocycles. The largest absolute Gasteiger partial charge is 0.258 e. The van der Waals surface area contributed by atoms with Crippen LogP contribution < -0.4 is 0 Å². The fourth-order valence-electron chi connectivity index (χ4n) is 1.76. The van der Waals surface area contributed by atoms with Crippen molar-refractivity contribution in [1.29, 1.82) is 0 Å². The summed E-state index contributed by atoms with van der Waals surface area (Å²) in [5.41, 5.74) is 2.05. The molecule has 3 aromatic rings. The summed E-state index contributed by atoms with van der Waals surface area (Å²) in [6.45, 7) is 0. The monoisotopic (exact) mass is 285 g/mol. The lowest BCUT2D eigenvalue weighted by atomic mass is 10.2. The van der Waals surface area contributed by atoms with Crippen LogP contribution in [0.15, 0.2) is 59.8 Å². The standard InChI is InChI=1S/C15H12FN3S/c16-13-8-6-11(7-9-13)10-20-15-17-14(18-19-15)12-4-2-1-3-5-12/h1-9H,10H2,(H,17,18,19). The first-order valence-electron chi connectivity index (χ1n) is 6.16. The molecule has 2 aromatic carbocycles. The molecule has 0 aliphatic heterocycles. The number of aromatic amines is 1. The van der Waals surface area contributed by atoms with E-state index in [-0.39, 0.29) is 5.82 Å². The number of hydrogen-bond donors (Lipinski definition) is 1. The van der Waals surface area contributed by atoms with Gasteiger partial charge in [0.1, 0.15) is 5.82 Å². The normalized spacial score (nSPS) is 10.7. The van der Waals surface area contributed by atoms with Gasteiger partial charge in [0.25, 0.3) is 0 Å². The van der Waals surface area contributed by atoms with Crippen LogP contribution in [0.25, 0.3) is 11.4 Å². The Kier molecular flexibility index (Phi) is 3.78. The van der Waals surface area contributed by atoms with Crippen LogP contribution in [-0.4, -0.2) is 15.2 Å². The van der Waals surface area contributed by atoms with Gasteiger partial charge in [0.05, 0.1) is 0 Å². The highest BCUT2D eigenvalue weighted by molar-refractivity contribution is 7.98. The van der Waals surface area contributed by atoms with Gasteiger partial charge in [-0.25, -0.2) is 9.37 Å². The van der Waals surface area contributed by atoms with E-state index in [0.717, 1.165) is 17.0 Å². The number of hydrogen-bond acceptors (Lipinski definition) is 3. The van der Waals surface area contributed by atoms with Crippen molar-refractivity contribution in [3.8, 4) is 11.4 Å². The molecule has 0 bridgehead atoms. The quantitative estimate of drug-likeness (QED) is 0.739. The fraction of sp³-hybridized carbons (Fsp3) is 0.0667. The average molecular weight is 285 g/mol. The molecule has 0 spiro atoms. The molecule has 100 valence electrons. The van der Waals surface area contributed by atoms with Gasteiger partial charge >= 0.3 is 0 Å². The predicted molar refractivity (Wildman–Crippen MR) is 77.8 cm³/mol. The van der Waals surface area contributed by atoms with Crippen molar-refractivity contribution in [2.45, 2.75) is 10.9 Å². The summed E-state index contributed by atoms with van der Waals surface area (Å²) in [6, 6.07) is 16.3. The van der Waals surface area contributed by atoms with Gasteiger partial charge < -0.3 is 0 Å². The van der Waals surface area contributed by atoms with Gasteiger partial charge in [-0.1, -0.05) is 54.2 Å². The van der Waals surface area contributed by atoms with E-state index in [9.17, 15) is 4.39 Å². The molecule has 1 aromatic heterocycles. The third-order valence-corrected chi connectivity index (χ3v) is 3.71. The van der Waals surface area contributed by atoms with Gasteiger partial charge in [-0.15, -0.1) is 5.10 Å². The number of thioether (sulfide) groups is 1. The third-order valence-electron chi connectivity index (χ3n) is 2.79. The van der Waals surface area contributed by atoms with E-state index < -0.39 is 0 Å². The predicted octanol–water partition coefficient (Wildman–Crippen LogP) is 3.90. The van der Waals surface area contributed by atoms with E-state index in [4.69, 9.17) is 0 Å². The molecule has 5 heteroatoms. The summed E-state index contributed by atoms with van der Waals surface area (Å²) < 4.78 is 12.8. The molecule has 3 rings (SSSR count). The first-order chi connectivity index (χ1) is 9.81. The second kappa shape index (κ2) is 5.88. The Morgan fingerprint density at radius 3 is 2.50 bits per heavy atom. The summed E-state index contributed by atoms with van der Waals surface area (Å²) >= 11 is 1.52. The molecule has 1 heterocycles. The van der Waals surface area contributed by atoms with Crippen LogP contribution in [0.1, 0.15) is 5.56 Å². The van der Waals surface area contributed by atoms with E-state index in [0.29, 0.717) is 10.9 Å². The molecule has 0 aliphatic rings. The summed E-state index contributed by atoms with van der Waals surface area (Å²) in [4.78, 5) is 4.44. The zero-order chi connectivity index (χ0) is 13.8. The lowest BCUT2D eigenvalue weighted by molar-refractivity contribution is 0.627. The van der Waals surface area contributed by atoms with Gasteiger partial charge in [0, 0.05) is 11.3 Å². The smallest absolute Gasteiger partial charge is 0.209 e. The Hall–Kier alpha value is -2.14. The molecule has 0 fully saturated rings. The number of halogens is 1. The van der Waals surface area contributed by atoms with Crippen molar-refractivity contribution < 1.29 is 4.39 Å². The first kappa shape index (κ1) is 12.9. The maximum Gasteiger partial charge on any atom is 0.209 e. The Balaban J connectivity index is 1.67. The van der Waals surface area contributed by atoms with Crippen LogP contribution in [0.3, 0.4) is 0 Å². The fourth-order valence-corrected chi connectivity index (χ4v) is 2.52. The minimum absolute atomic E-state index is 0.219. The number of nitrogens with one attached hydrogen (secondary N) is 1. The third kappa shape index (κ3) is 3.05. The summed E-state index contributed by atoms with van der Waals surface area (Å²) in [5, 5.41) is 7.79. The molecule has 0 atom stereocenters. The SMILES string of the molecule is Fc1ccc(CSc2n[nH]c(-c3ccccc3)n2)cc1. The van der Waals surface area contributed by atoms with Gasteiger partial charge in [-0.3, -0.25) is 5.10 Å². The van der Waals surface area contributed by atoms with Gasteiger partial charge in [0.15, 0.2) is 5.82 Å². The lowest BCUT2D eigenvalue weighted by Crippen LogP contribution is -1.83.